The molecule has 0 saturated carbocycles. The Kier molecular flexibility index (Phi) is 7.51. The molecule has 2 saturated heterocycles. The van der Waals surface area contributed by atoms with E-state index in [0.29, 0.717) is 6.42 Å². The topological polar surface area (TPSA) is 90.8 Å². The highest BCUT2D eigenvalue weighted by atomic mass is 28.4. The Balaban J connectivity index is 1.58. The second-order valence-corrected chi connectivity index (χ2v) is 13.1. The van der Waals surface area contributed by atoms with E-state index in [1.807, 2.05) is 31.3 Å². The van der Waals surface area contributed by atoms with E-state index in [0.717, 1.165) is 37.9 Å². The third kappa shape index (κ3) is 5.67. The Hall–Kier alpha value is -1.25. The van der Waals surface area contributed by atoms with Crippen LogP contribution in [0.3, 0.4) is 0 Å². The average molecular weight is 421 g/mol. The molecule has 29 heavy (non-hydrogen) atoms. The summed E-state index contributed by atoms with van der Waals surface area (Å²) in [4.78, 5) is 23.1. The van der Waals surface area contributed by atoms with Crippen LogP contribution in [0.15, 0.2) is 24.3 Å². The molecule has 1 amide bonds. The van der Waals surface area contributed by atoms with E-state index in [1.165, 1.54) is 5.56 Å². The quantitative estimate of drug-likeness (QED) is 0.486. The molecule has 7 heteroatoms. The minimum absolute atomic E-state index is 0.0391. The number of carbonyl (C=O) groups is 1. The highest BCUT2D eigenvalue weighted by molar-refractivity contribution is 6.71. The van der Waals surface area contributed by atoms with Crippen LogP contribution in [0.1, 0.15) is 38.2 Å². The van der Waals surface area contributed by atoms with E-state index in [1.54, 1.807) is 0 Å². The van der Waals surface area contributed by atoms with Gasteiger partial charge in [0.2, 0.25) is 5.91 Å². The van der Waals surface area contributed by atoms with Gasteiger partial charge >= 0.3 is 0 Å². The van der Waals surface area contributed by atoms with Gasteiger partial charge in [0.05, 0.1) is 18.2 Å². The van der Waals surface area contributed by atoms with Gasteiger partial charge in [-0.05, 0) is 75.4 Å². The van der Waals surface area contributed by atoms with Crippen LogP contribution in [-0.4, -0.2) is 55.5 Å². The minimum Gasteiger partial charge on any atom is -0.432 e. The first kappa shape index (κ1) is 22.4. The molecule has 2 aliphatic rings. The Morgan fingerprint density at radius 3 is 2.76 bits per heavy atom. The summed E-state index contributed by atoms with van der Waals surface area (Å²) in [5, 5.41) is 15.6. The molecule has 3 rings (SSSR count). The lowest BCUT2D eigenvalue weighted by Crippen LogP contribution is -2.40. The summed E-state index contributed by atoms with van der Waals surface area (Å²) in [6.07, 6.45) is 4.26. The largest absolute Gasteiger partial charge is 0.432 e. The monoisotopic (exact) mass is 420 g/mol. The minimum atomic E-state index is -2.37. The van der Waals surface area contributed by atoms with Crippen LogP contribution in [0.5, 0.6) is 0 Å². The number of amides is 1. The fraction of sp³-hybridized carbons (Fsp3) is 0.682. The molecule has 0 aromatic heterocycles. The number of hydrogen-bond donors (Lipinski definition) is 4. The van der Waals surface area contributed by atoms with Crippen molar-refractivity contribution in [3.8, 4) is 0 Å². The lowest BCUT2D eigenvalue weighted by molar-refractivity contribution is -0.117. The van der Waals surface area contributed by atoms with Gasteiger partial charge in [-0.3, -0.25) is 4.79 Å². The normalized spacial score (nSPS) is 29.9. The van der Waals surface area contributed by atoms with E-state index in [2.05, 4.69) is 23.6 Å². The van der Waals surface area contributed by atoms with Gasteiger partial charge in [-0.15, -0.1) is 0 Å². The lowest BCUT2D eigenvalue weighted by Gasteiger charge is -2.30. The molecular weight excluding hydrogens is 384 g/mol. The predicted molar refractivity (Wildman–Crippen MR) is 117 cm³/mol. The van der Waals surface area contributed by atoms with Gasteiger partial charge < -0.3 is 25.3 Å². The van der Waals surface area contributed by atoms with Gasteiger partial charge in [0.1, 0.15) is 0 Å². The fourth-order valence-corrected chi connectivity index (χ4v) is 7.71. The van der Waals surface area contributed by atoms with E-state index >= 15 is 0 Å². The SMILES string of the molecule is C[C@H]1[C@H]([Si](C)(C)O)[C@@H](CCO)O[C@H]1CCc1cccc(NC(=O)[C@H]2CCCN2)c1. The van der Waals surface area contributed by atoms with Crippen molar-refractivity contribution >= 4 is 19.9 Å². The Labute approximate surface area is 175 Å². The maximum atomic E-state index is 12.3. The summed E-state index contributed by atoms with van der Waals surface area (Å²) < 4.78 is 6.27. The molecule has 0 bridgehead atoms. The second kappa shape index (κ2) is 9.70. The first-order chi connectivity index (χ1) is 13.8. The van der Waals surface area contributed by atoms with Crippen molar-refractivity contribution < 1.29 is 19.4 Å². The van der Waals surface area contributed by atoms with E-state index < -0.39 is 8.32 Å². The summed E-state index contributed by atoms with van der Waals surface area (Å²) in [6, 6.07) is 7.94. The number of aryl methyl sites for hydroxylation is 1. The van der Waals surface area contributed by atoms with Gasteiger partial charge in [0, 0.05) is 17.8 Å². The zero-order chi connectivity index (χ0) is 21.0. The first-order valence-electron chi connectivity index (χ1n) is 10.9. The highest BCUT2D eigenvalue weighted by Gasteiger charge is 2.49. The molecule has 0 aliphatic carbocycles. The molecule has 2 heterocycles. The number of aliphatic hydroxyl groups excluding tert-OH is 1. The van der Waals surface area contributed by atoms with Crippen molar-refractivity contribution in [2.24, 2.45) is 5.92 Å². The lowest BCUT2D eigenvalue weighted by atomic mass is 9.95. The zero-order valence-electron chi connectivity index (χ0n) is 17.9. The zero-order valence-corrected chi connectivity index (χ0v) is 18.9. The van der Waals surface area contributed by atoms with Gasteiger partial charge in [-0.25, -0.2) is 0 Å². The van der Waals surface area contributed by atoms with Crippen LogP contribution in [0, 0.1) is 5.92 Å². The van der Waals surface area contributed by atoms with E-state index in [4.69, 9.17) is 4.74 Å². The Bertz CT molecular complexity index is 688. The number of anilines is 1. The van der Waals surface area contributed by atoms with Crippen LogP contribution in [-0.2, 0) is 16.0 Å². The summed E-state index contributed by atoms with van der Waals surface area (Å²) in [6.45, 7) is 7.10. The number of nitrogens with one attached hydrogen (secondary N) is 2. The number of hydrogen-bond acceptors (Lipinski definition) is 5. The van der Waals surface area contributed by atoms with Crippen LogP contribution in [0.2, 0.25) is 18.6 Å². The van der Waals surface area contributed by atoms with Crippen molar-refractivity contribution in [1.82, 2.24) is 5.32 Å². The van der Waals surface area contributed by atoms with E-state index in [9.17, 15) is 14.7 Å². The van der Waals surface area contributed by atoms with Crippen molar-refractivity contribution in [2.75, 3.05) is 18.5 Å². The van der Waals surface area contributed by atoms with Crippen molar-refractivity contribution in [1.29, 1.82) is 0 Å². The summed E-state index contributed by atoms with van der Waals surface area (Å²) in [5.41, 5.74) is 2.14. The molecule has 1 aromatic rings. The molecular formula is C22H36N2O4Si. The molecule has 6 nitrogen and oxygen atoms in total. The number of ether oxygens (including phenoxy) is 1. The number of benzene rings is 1. The first-order valence-corrected chi connectivity index (χ1v) is 13.9. The number of aliphatic hydroxyl groups is 1. The third-order valence-electron chi connectivity index (χ3n) is 6.42. The average Bonchev–Trinajstić information content (AvgIpc) is 3.28. The van der Waals surface area contributed by atoms with Crippen LogP contribution in [0.25, 0.3) is 0 Å². The molecule has 0 spiro atoms. The highest BCUT2D eigenvalue weighted by Crippen LogP contribution is 2.45. The summed E-state index contributed by atoms with van der Waals surface area (Å²) >= 11 is 0. The third-order valence-corrected chi connectivity index (χ3v) is 8.95. The van der Waals surface area contributed by atoms with Crippen molar-refractivity contribution in [2.45, 2.75) is 75.9 Å². The van der Waals surface area contributed by atoms with Gasteiger partial charge in [-0.2, -0.15) is 0 Å². The van der Waals surface area contributed by atoms with Gasteiger partial charge in [0.25, 0.3) is 0 Å². The fourth-order valence-electron chi connectivity index (χ4n) is 5.06. The number of carbonyl (C=O) groups excluding carboxylic acids is 1. The van der Waals surface area contributed by atoms with Crippen LogP contribution >= 0.6 is 0 Å². The standard InChI is InChI=1S/C22H36N2O4Si/c1-15-19(28-20(11-13-25)21(15)29(2,3)27)10-9-16-6-4-7-17(14-16)24-22(26)18-8-5-12-23-18/h4,6-7,14-15,18-21,23,25,27H,5,8-13H2,1-3H3,(H,24,26)/t15-,18-,19+,20-,21+/m1/s1. The molecule has 162 valence electrons. The molecule has 4 N–H and O–H groups in total. The summed E-state index contributed by atoms with van der Waals surface area (Å²) in [7, 11) is -2.37. The van der Waals surface area contributed by atoms with Gasteiger partial charge in [-0.1, -0.05) is 19.1 Å². The molecule has 0 unspecified atom stereocenters. The van der Waals surface area contributed by atoms with Crippen LogP contribution in [0.4, 0.5) is 5.69 Å². The molecule has 1 aromatic carbocycles. The molecule has 0 radical (unpaired) electrons. The molecule has 2 fully saturated rings. The second-order valence-electron chi connectivity index (χ2n) is 9.14. The van der Waals surface area contributed by atoms with E-state index in [-0.39, 0.29) is 42.2 Å². The smallest absolute Gasteiger partial charge is 0.241 e. The van der Waals surface area contributed by atoms with Gasteiger partial charge in [0.15, 0.2) is 8.32 Å². The predicted octanol–water partition coefficient (Wildman–Crippen LogP) is 2.66. The van der Waals surface area contributed by atoms with Crippen LogP contribution < -0.4 is 10.6 Å². The molecule has 2 aliphatic heterocycles. The van der Waals surface area contributed by atoms with Crippen molar-refractivity contribution in [3.05, 3.63) is 29.8 Å². The Morgan fingerprint density at radius 2 is 2.10 bits per heavy atom. The Morgan fingerprint density at radius 1 is 1.31 bits per heavy atom. The van der Waals surface area contributed by atoms with Crippen molar-refractivity contribution in [3.63, 3.8) is 0 Å². The number of rotatable bonds is 8. The maximum absolute atomic E-state index is 12.3. The summed E-state index contributed by atoms with van der Waals surface area (Å²) in [5.74, 6) is 0.312. The molecule has 5 atom stereocenters. The maximum Gasteiger partial charge on any atom is 0.241 e.